The number of fused-ring (bicyclic) bond motifs is 2. The van der Waals surface area contributed by atoms with Crippen molar-refractivity contribution in [1.29, 1.82) is 0 Å². The van der Waals surface area contributed by atoms with Crippen LogP contribution in [0.4, 0.5) is 24.9 Å². The maximum Gasteiger partial charge on any atom is 0.416 e. The number of furan rings is 1. The van der Waals surface area contributed by atoms with E-state index in [2.05, 4.69) is 15.3 Å². The summed E-state index contributed by atoms with van der Waals surface area (Å²) in [7, 11) is 0. The second-order valence-corrected chi connectivity index (χ2v) is 8.22. The van der Waals surface area contributed by atoms with E-state index in [1.807, 2.05) is 0 Å². The van der Waals surface area contributed by atoms with Crippen LogP contribution in [0.25, 0.3) is 22.3 Å². The maximum atomic E-state index is 13.0. The molecule has 0 bridgehead atoms. The summed E-state index contributed by atoms with van der Waals surface area (Å²) in [6.45, 7) is 0. The van der Waals surface area contributed by atoms with Gasteiger partial charge in [-0.3, -0.25) is 0 Å². The molecule has 2 aromatic heterocycles. The molecule has 0 aliphatic heterocycles. The number of anilines is 2. The zero-order valence-corrected chi connectivity index (χ0v) is 16.4. The number of nitrogen functional groups attached to an aromatic ring is 1. The van der Waals surface area contributed by atoms with Crippen LogP contribution >= 0.6 is 11.6 Å². The van der Waals surface area contributed by atoms with Crippen LogP contribution in [-0.2, 0) is 6.18 Å². The maximum absolute atomic E-state index is 13.0. The summed E-state index contributed by atoms with van der Waals surface area (Å²) < 4.78 is 44.7. The second-order valence-electron chi connectivity index (χ2n) is 7.86. The Bertz CT molecular complexity index is 1220. The molecule has 8 nitrogen and oxygen atoms in total. The van der Waals surface area contributed by atoms with Crippen LogP contribution in [0.15, 0.2) is 28.7 Å². The third-order valence-corrected chi connectivity index (χ3v) is 6.34. The first-order valence-electron chi connectivity index (χ1n) is 9.29. The Labute approximate surface area is 177 Å². The summed E-state index contributed by atoms with van der Waals surface area (Å²) in [4.78, 5) is 7.89. The third kappa shape index (κ3) is 2.88. The molecule has 2 aliphatic carbocycles. The van der Waals surface area contributed by atoms with Crippen LogP contribution in [-0.4, -0.2) is 42.7 Å². The molecule has 2 fully saturated rings. The zero-order valence-electron chi connectivity index (χ0n) is 15.6. The molecule has 2 aliphatic rings. The smallest absolute Gasteiger partial charge is 0.416 e. The molecule has 5 rings (SSSR count). The Morgan fingerprint density at radius 1 is 1.23 bits per heavy atom. The van der Waals surface area contributed by atoms with Crippen LogP contribution < -0.4 is 11.1 Å². The fraction of sp³-hybridized carbons (Fsp3) is 0.368. The predicted molar refractivity (Wildman–Crippen MR) is 104 cm³/mol. The number of nitrogens with one attached hydrogen (secondary N) is 1. The highest BCUT2D eigenvalue weighted by Crippen LogP contribution is 2.61. The van der Waals surface area contributed by atoms with Crippen molar-refractivity contribution in [3.63, 3.8) is 0 Å². The summed E-state index contributed by atoms with van der Waals surface area (Å²) in [5.41, 5.74) is 1.34. The Balaban J connectivity index is 1.60. The monoisotopic (exact) mass is 456 g/mol. The van der Waals surface area contributed by atoms with Gasteiger partial charge in [-0.25, -0.2) is 4.98 Å². The van der Waals surface area contributed by atoms with Crippen LogP contribution in [0.3, 0.4) is 0 Å². The lowest BCUT2D eigenvalue weighted by Crippen LogP contribution is -2.51. The van der Waals surface area contributed by atoms with E-state index in [0.717, 1.165) is 12.1 Å². The van der Waals surface area contributed by atoms with E-state index in [1.165, 1.54) is 12.1 Å². The zero-order chi connectivity index (χ0) is 22.3. The van der Waals surface area contributed by atoms with Gasteiger partial charge in [0.1, 0.15) is 27.9 Å². The quantitative estimate of drug-likeness (QED) is 0.299. The number of rotatable bonds is 3. The lowest BCUT2D eigenvalue weighted by Gasteiger charge is -2.32. The molecule has 0 radical (unpaired) electrons. The lowest BCUT2D eigenvalue weighted by atomic mass is 10.0. The summed E-state index contributed by atoms with van der Waals surface area (Å²) in [5.74, 6) is -0.796. The van der Waals surface area contributed by atoms with Crippen molar-refractivity contribution in [3.8, 4) is 11.3 Å². The number of alkyl halides is 3. The topological polar surface area (TPSA) is 138 Å². The molecule has 1 aromatic carbocycles. The standard InChI is InChI=1S/C19H16ClF3N4O4/c20-14-12(11-6-7-5-8(19(21,22)23)1-2-10(7)31-11)15(26-16(24)25-14)27-17(29)4-3-9-13(28)18(9,17)30/h1-2,5-6,9,13,28-30H,3-4H2,(H3,24,25,26,27)/t9-,13?,17-,18+/m1/s1. The van der Waals surface area contributed by atoms with Crippen molar-refractivity contribution in [3.05, 3.63) is 35.0 Å². The lowest BCUT2D eigenvalue weighted by molar-refractivity contribution is -0.137. The number of hydrogen-bond donors (Lipinski definition) is 5. The largest absolute Gasteiger partial charge is 0.456 e. The van der Waals surface area contributed by atoms with Gasteiger partial charge in [0.25, 0.3) is 0 Å². The fourth-order valence-electron chi connectivity index (χ4n) is 4.38. The molecule has 2 heterocycles. The van der Waals surface area contributed by atoms with Crippen LogP contribution in [0.1, 0.15) is 18.4 Å². The Morgan fingerprint density at radius 3 is 2.61 bits per heavy atom. The SMILES string of the molecule is Nc1nc(Cl)c(-c2cc3cc(C(F)(F)F)ccc3o2)c(N[C@@]2(O)CC[C@@H]3C(O)[C@@]32O)n1. The van der Waals surface area contributed by atoms with Gasteiger partial charge in [0, 0.05) is 11.3 Å². The minimum Gasteiger partial charge on any atom is -0.456 e. The van der Waals surface area contributed by atoms with Crippen LogP contribution in [0.2, 0.25) is 5.15 Å². The van der Waals surface area contributed by atoms with Gasteiger partial charge in [0.15, 0.2) is 5.72 Å². The number of aliphatic hydroxyl groups is 3. The molecule has 0 saturated heterocycles. The number of halogens is 4. The molecule has 3 aromatic rings. The van der Waals surface area contributed by atoms with E-state index in [9.17, 15) is 28.5 Å². The first kappa shape index (κ1) is 20.3. The van der Waals surface area contributed by atoms with Crippen molar-refractivity contribution < 1.29 is 32.9 Å². The van der Waals surface area contributed by atoms with Gasteiger partial charge >= 0.3 is 6.18 Å². The molecule has 6 N–H and O–H groups in total. The first-order valence-corrected chi connectivity index (χ1v) is 9.67. The molecule has 12 heteroatoms. The molecular formula is C19H16ClF3N4O4. The minimum absolute atomic E-state index is 0.0308. The Hall–Kier alpha value is -2.60. The highest BCUT2D eigenvalue weighted by atomic mass is 35.5. The number of hydrogen-bond acceptors (Lipinski definition) is 8. The fourth-order valence-corrected chi connectivity index (χ4v) is 4.65. The summed E-state index contributed by atoms with van der Waals surface area (Å²) >= 11 is 6.24. The highest BCUT2D eigenvalue weighted by molar-refractivity contribution is 6.32. The van der Waals surface area contributed by atoms with E-state index in [-0.39, 0.29) is 45.6 Å². The second kappa shape index (κ2) is 6.22. The summed E-state index contributed by atoms with van der Waals surface area (Å²) in [6, 6.07) is 4.33. The minimum atomic E-state index is -4.52. The first-order chi connectivity index (χ1) is 14.4. The number of nitrogens with two attached hydrogens (primary N) is 1. The van der Waals surface area contributed by atoms with Gasteiger partial charge in [-0.15, -0.1) is 0 Å². The normalized spacial score (nSPS) is 29.9. The van der Waals surface area contributed by atoms with E-state index in [4.69, 9.17) is 21.8 Å². The Morgan fingerprint density at radius 2 is 1.97 bits per heavy atom. The van der Waals surface area contributed by atoms with E-state index >= 15 is 0 Å². The molecule has 164 valence electrons. The van der Waals surface area contributed by atoms with E-state index in [1.54, 1.807) is 0 Å². The average Bonchev–Trinajstić information content (AvgIpc) is 2.95. The van der Waals surface area contributed by atoms with Gasteiger partial charge in [-0.1, -0.05) is 11.6 Å². The van der Waals surface area contributed by atoms with Crippen LogP contribution in [0, 0.1) is 5.92 Å². The average molecular weight is 457 g/mol. The van der Waals surface area contributed by atoms with Gasteiger partial charge in [0.2, 0.25) is 5.95 Å². The van der Waals surface area contributed by atoms with Crippen molar-refractivity contribution in [2.24, 2.45) is 5.92 Å². The molecular weight excluding hydrogens is 441 g/mol. The summed E-state index contributed by atoms with van der Waals surface area (Å²) in [5, 5.41) is 34.3. The Kier molecular flexibility index (Phi) is 4.08. The van der Waals surface area contributed by atoms with Gasteiger partial charge in [0.05, 0.1) is 17.2 Å². The highest BCUT2D eigenvalue weighted by Gasteiger charge is 2.78. The van der Waals surface area contributed by atoms with Gasteiger partial charge in [-0.2, -0.15) is 18.2 Å². The third-order valence-electron chi connectivity index (χ3n) is 6.07. The number of aliphatic hydroxyl groups excluding tert-OH is 1. The van der Waals surface area contributed by atoms with Crippen molar-refractivity contribution in [2.75, 3.05) is 11.1 Å². The van der Waals surface area contributed by atoms with Crippen molar-refractivity contribution in [2.45, 2.75) is 36.4 Å². The predicted octanol–water partition coefficient (Wildman–Crippen LogP) is 2.76. The van der Waals surface area contributed by atoms with E-state index in [0.29, 0.717) is 6.42 Å². The molecule has 4 atom stereocenters. The number of aromatic nitrogens is 2. The molecule has 0 amide bonds. The van der Waals surface area contributed by atoms with Gasteiger partial charge < -0.3 is 30.8 Å². The molecule has 0 spiro atoms. The molecule has 2 saturated carbocycles. The molecule has 31 heavy (non-hydrogen) atoms. The molecule has 1 unspecified atom stereocenters. The van der Waals surface area contributed by atoms with Crippen molar-refractivity contribution >= 4 is 34.3 Å². The van der Waals surface area contributed by atoms with Gasteiger partial charge in [-0.05, 0) is 37.1 Å². The number of benzene rings is 1. The van der Waals surface area contributed by atoms with Crippen LogP contribution in [0.5, 0.6) is 0 Å². The summed E-state index contributed by atoms with van der Waals surface area (Å²) in [6.07, 6.45) is -5.15. The van der Waals surface area contributed by atoms with Crippen molar-refractivity contribution in [1.82, 2.24) is 9.97 Å². The number of nitrogens with zero attached hydrogens (tertiary/aromatic N) is 2. The van der Waals surface area contributed by atoms with E-state index < -0.39 is 35.1 Å².